The summed E-state index contributed by atoms with van der Waals surface area (Å²) in [5, 5.41) is 29.0. The highest BCUT2D eigenvalue weighted by molar-refractivity contribution is 5.80. The van der Waals surface area contributed by atoms with E-state index in [0.717, 1.165) is 38.8 Å². The summed E-state index contributed by atoms with van der Waals surface area (Å²) in [6.45, 7) is 5.80. The number of hydrogen-bond acceptors (Lipinski definition) is 11. The minimum atomic E-state index is -0.464. The van der Waals surface area contributed by atoms with Gasteiger partial charge in [0.2, 0.25) is 17.8 Å². The number of benzene rings is 2. The van der Waals surface area contributed by atoms with E-state index in [1.807, 2.05) is 0 Å². The molecule has 0 spiro atoms. The second-order valence-electron chi connectivity index (χ2n) is 8.12. The van der Waals surface area contributed by atoms with E-state index in [1.165, 1.54) is 30.5 Å². The molecule has 0 aliphatic carbocycles. The Morgan fingerprint density at radius 2 is 1.38 bits per heavy atom. The number of non-ortho nitro benzene ring substituents is 2. The number of nitrogens with zero attached hydrogens (tertiary/aromatic N) is 7. The maximum Gasteiger partial charge on any atom is 0.269 e. The third kappa shape index (κ3) is 8.19. The molecule has 194 valence electrons. The zero-order chi connectivity index (χ0) is 26.6. The van der Waals surface area contributed by atoms with E-state index in [0.29, 0.717) is 17.2 Å². The highest BCUT2D eigenvalue weighted by Crippen LogP contribution is 2.21. The van der Waals surface area contributed by atoms with Gasteiger partial charge >= 0.3 is 0 Å². The van der Waals surface area contributed by atoms with Crippen molar-refractivity contribution in [2.45, 2.75) is 39.5 Å². The molecule has 0 radical (unpaired) electrons. The van der Waals surface area contributed by atoms with Gasteiger partial charge in [0.05, 0.1) is 16.1 Å². The second kappa shape index (κ2) is 13.4. The summed E-state index contributed by atoms with van der Waals surface area (Å²) in [5.74, 6) is 0.935. The smallest absolute Gasteiger partial charge is 0.269 e. The predicted molar refractivity (Wildman–Crippen MR) is 143 cm³/mol. The highest BCUT2D eigenvalue weighted by atomic mass is 16.6. The van der Waals surface area contributed by atoms with Crippen LogP contribution in [0.3, 0.4) is 0 Å². The molecule has 0 unspecified atom stereocenters. The van der Waals surface area contributed by atoms with Crippen LogP contribution in [0.25, 0.3) is 0 Å². The minimum absolute atomic E-state index is 0.00608. The molecule has 13 nitrogen and oxygen atoms in total. The molecule has 0 saturated carbocycles. The zero-order valence-corrected chi connectivity index (χ0v) is 20.7. The summed E-state index contributed by atoms with van der Waals surface area (Å²) >= 11 is 0. The van der Waals surface area contributed by atoms with Crippen molar-refractivity contribution in [2.24, 2.45) is 5.10 Å². The highest BCUT2D eigenvalue weighted by Gasteiger charge is 2.14. The Kier molecular flexibility index (Phi) is 9.76. The van der Waals surface area contributed by atoms with Crippen LogP contribution in [0.15, 0.2) is 53.6 Å². The van der Waals surface area contributed by atoms with Crippen LogP contribution in [0.2, 0.25) is 0 Å². The molecule has 1 aromatic heterocycles. The fourth-order valence-electron chi connectivity index (χ4n) is 3.26. The Morgan fingerprint density at radius 1 is 0.838 bits per heavy atom. The lowest BCUT2D eigenvalue weighted by molar-refractivity contribution is -0.385. The summed E-state index contributed by atoms with van der Waals surface area (Å²) in [6, 6.07) is 11.9. The Labute approximate surface area is 214 Å². The normalized spacial score (nSPS) is 10.9. The van der Waals surface area contributed by atoms with Crippen molar-refractivity contribution in [3.8, 4) is 0 Å². The van der Waals surface area contributed by atoms with Crippen LogP contribution in [0.1, 0.15) is 45.1 Å². The maximum atomic E-state index is 11.0. The van der Waals surface area contributed by atoms with Crippen molar-refractivity contribution in [3.05, 3.63) is 74.3 Å². The third-order valence-electron chi connectivity index (χ3n) is 5.29. The number of nitro benzene ring substituents is 2. The number of nitrogens with one attached hydrogen (secondary N) is 2. The first-order valence-corrected chi connectivity index (χ1v) is 12.0. The second-order valence-corrected chi connectivity index (χ2v) is 8.12. The molecule has 0 atom stereocenters. The topological polar surface area (TPSA) is 165 Å². The number of anilines is 4. The van der Waals surface area contributed by atoms with E-state index in [4.69, 9.17) is 0 Å². The van der Waals surface area contributed by atoms with E-state index in [2.05, 4.69) is 49.5 Å². The summed E-state index contributed by atoms with van der Waals surface area (Å²) < 4.78 is 0. The first-order valence-electron chi connectivity index (χ1n) is 12.0. The number of unbranched alkanes of at least 4 members (excludes halogenated alkanes) is 2. The molecule has 0 bridgehead atoms. The number of hydrogen-bond donors (Lipinski definition) is 2. The lowest BCUT2D eigenvalue weighted by Gasteiger charge is -2.23. The van der Waals surface area contributed by atoms with Gasteiger partial charge in [-0.2, -0.15) is 20.1 Å². The van der Waals surface area contributed by atoms with Gasteiger partial charge in [-0.05, 0) is 42.7 Å². The van der Waals surface area contributed by atoms with Crippen LogP contribution in [-0.2, 0) is 0 Å². The monoisotopic (exact) mass is 507 g/mol. The summed E-state index contributed by atoms with van der Waals surface area (Å²) in [5.41, 5.74) is 4.02. The average molecular weight is 508 g/mol. The molecular weight excluding hydrogens is 478 g/mol. The number of rotatable bonds is 14. The first-order chi connectivity index (χ1) is 17.9. The van der Waals surface area contributed by atoms with Gasteiger partial charge < -0.3 is 10.2 Å². The lowest BCUT2D eigenvalue weighted by Crippen LogP contribution is -2.28. The van der Waals surface area contributed by atoms with Crippen LogP contribution in [-0.4, -0.2) is 44.1 Å². The summed E-state index contributed by atoms with van der Waals surface area (Å²) in [4.78, 5) is 36.5. The Bertz CT molecular complexity index is 1210. The average Bonchev–Trinajstić information content (AvgIpc) is 2.89. The SMILES string of the molecule is CCCCN(CCCC)c1nc(N/N=C/c2ccc([N+](=O)[O-])cc2)nc(Nc2ccc([N+](=O)[O-])cc2)n1. The zero-order valence-electron chi connectivity index (χ0n) is 20.7. The number of aromatic nitrogens is 3. The van der Waals surface area contributed by atoms with Crippen molar-refractivity contribution in [1.29, 1.82) is 0 Å². The molecule has 13 heteroatoms. The summed E-state index contributed by atoms with van der Waals surface area (Å²) in [7, 11) is 0. The van der Waals surface area contributed by atoms with Gasteiger partial charge in [0.15, 0.2) is 0 Å². The quantitative estimate of drug-likeness (QED) is 0.166. The molecular formula is C24H29N9O4. The van der Waals surface area contributed by atoms with E-state index in [1.54, 1.807) is 24.3 Å². The van der Waals surface area contributed by atoms with Crippen molar-refractivity contribution < 1.29 is 9.85 Å². The molecule has 37 heavy (non-hydrogen) atoms. The fourth-order valence-corrected chi connectivity index (χ4v) is 3.26. The fraction of sp³-hybridized carbons (Fsp3) is 0.333. The Hall–Kier alpha value is -4.68. The maximum absolute atomic E-state index is 11.0. The van der Waals surface area contributed by atoms with Crippen molar-refractivity contribution in [2.75, 3.05) is 28.7 Å². The Balaban J connectivity index is 1.86. The first kappa shape index (κ1) is 26.9. The van der Waals surface area contributed by atoms with Crippen LogP contribution in [0, 0.1) is 20.2 Å². The molecule has 3 aromatic rings. The molecule has 2 N–H and O–H groups in total. The van der Waals surface area contributed by atoms with Gasteiger partial charge in [0.1, 0.15) is 0 Å². The van der Waals surface area contributed by atoms with Gasteiger partial charge in [-0.25, -0.2) is 5.43 Å². The molecule has 0 aliphatic rings. The lowest BCUT2D eigenvalue weighted by atomic mass is 10.2. The predicted octanol–water partition coefficient (Wildman–Crippen LogP) is 5.28. The van der Waals surface area contributed by atoms with Gasteiger partial charge in [-0.15, -0.1) is 0 Å². The van der Waals surface area contributed by atoms with Gasteiger partial charge in [0.25, 0.3) is 11.4 Å². The third-order valence-corrected chi connectivity index (χ3v) is 5.29. The molecule has 0 amide bonds. The minimum Gasteiger partial charge on any atom is -0.341 e. The molecule has 2 aromatic carbocycles. The largest absolute Gasteiger partial charge is 0.341 e. The molecule has 0 aliphatic heterocycles. The van der Waals surface area contributed by atoms with E-state index < -0.39 is 9.85 Å². The summed E-state index contributed by atoms with van der Waals surface area (Å²) in [6.07, 6.45) is 5.49. The van der Waals surface area contributed by atoms with Crippen LogP contribution >= 0.6 is 0 Å². The molecule has 3 rings (SSSR count). The Morgan fingerprint density at radius 3 is 1.92 bits per heavy atom. The van der Waals surface area contributed by atoms with Crippen LogP contribution < -0.4 is 15.6 Å². The number of nitro groups is 2. The van der Waals surface area contributed by atoms with E-state index in [9.17, 15) is 20.2 Å². The molecule has 0 fully saturated rings. The van der Waals surface area contributed by atoms with Crippen LogP contribution in [0.4, 0.5) is 34.9 Å². The van der Waals surface area contributed by atoms with Gasteiger partial charge in [-0.1, -0.05) is 26.7 Å². The molecule has 1 heterocycles. The standard InChI is InChI=1S/C24H29N9O4/c1-3-5-15-31(16-6-4-2)24-28-22(26-19-9-13-21(14-10-19)33(36)37)27-23(29-24)30-25-17-18-7-11-20(12-8-18)32(34)35/h7-14,17H,3-6,15-16H2,1-2H3,(H2,26,27,28,29,30)/b25-17+. The number of hydrazone groups is 1. The van der Waals surface area contributed by atoms with Crippen molar-refractivity contribution in [3.63, 3.8) is 0 Å². The molecule has 0 saturated heterocycles. The van der Waals surface area contributed by atoms with E-state index >= 15 is 0 Å². The van der Waals surface area contributed by atoms with E-state index in [-0.39, 0.29) is 23.3 Å². The van der Waals surface area contributed by atoms with Crippen molar-refractivity contribution >= 4 is 41.1 Å². The van der Waals surface area contributed by atoms with Gasteiger partial charge in [-0.3, -0.25) is 20.2 Å². The van der Waals surface area contributed by atoms with Crippen molar-refractivity contribution in [1.82, 2.24) is 15.0 Å². The van der Waals surface area contributed by atoms with Crippen LogP contribution in [0.5, 0.6) is 0 Å². The van der Waals surface area contributed by atoms with Gasteiger partial charge in [0, 0.05) is 43.0 Å².